The number of nitrogens with zero attached hydrogens (tertiary/aromatic N) is 2. The van der Waals surface area contributed by atoms with E-state index in [4.69, 9.17) is 4.52 Å². The monoisotopic (exact) mass is 445 g/mol. The normalized spacial score (nSPS) is 18.2. The largest absolute Gasteiger partial charge is 0.383 e. The van der Waals surface area contributed by atoms with Gasteiger partial charge in [-0.25, -0.2) is 9.28 Å². The molecule has 1 aliphatic rings. The van der Waals surface area contributed by atoms with Gasteiger partial charge in [-0.15, -0.1) is 0 Å². The van der Waals surface area contributed by atoms with Gasteiger partial charge in [0.2, 0.25) is 0 Å². The number of aromatic nitrogens is 1. The molecule has 1 amide bonds. The highest BCUT2D eigenvalue weighted by Gasteiger charge is 2.41. The molecule has 0 radical (unpaired) electrons. The lowest BCUT2D eigenvalue weighted by molar-refractivity contribution is -0.871. The van der Waals surface area contributed by atoms with Gasteiger partial charge in [0.1, 0.15) is 6.26 Å². The number of unbranched alkanes of at least 4 members (excludes halogenated alkanes) is 14. The Morgan fingerprint density at radius 3 is 1.91 bits per heavy atom. The number of carbonyl (C=O) groups excluding carboxylic acids is 1. The first kappa shape index (κ1) is 26.7. The van der Waals surface area contributed by atoms with Crippen molar-refractivity contribution in [2.45, 2.75) is 123 Å². The van der Waals surface area contributed by atoms with Gasteiger partial charge in [0.05, 0.1) is 19.5 Å². The molecular weight excluding hydrogens is 396 g/mol. The van der Waals surface area contributed by atoms with Gasteiger partial charge >= 0.3 is 5.91 Å². The van der Waals surface area contributed by atoms with Gasteiger partial charge in [-0.2, -0.15) is 4.74 Å². The fourth-order valence-electron chi connectivity index (χ4n) is 4.95. The lowest BCUT2D eigenvalue weighted by Crippen LogP contribution is -2.50. The lowest BCUT2D eigenvalue weighted by atomic mass is 10.0. The van der Waals surface area contributed by atoms with Gasteiger partial charge in [0.25, 0.3) is 0 Å². The van der Waals surface area contributed by atoms with Crippen LogP contribution in [0.4, 0.5) is 0 Å². The summed E-state index contributed by atoms with van der Waals surface area (Å²) in [5.74, 6) is 0.383. The van der Waals surface area contributed by atoms with Crippen LogP contribution in [0.5, 0.6) is 0 Å². The fraction of sp³-hybridized carbons (Fsp3) is 0.750. The van der Waals surface area contributed by atoms with Crippen molar-refractivity contribution in [1.29, 1.82) is 0 Å². The molecule has 0 N–H and O–H groups in total. The molecule has 182 valence electrons. The summed E-state index contributed by atoms with van der Waals surface area (Å²) >= 11 is 0. The summed E-state index contributed by atoms with van der Waals surface area (Å²) in [5, 5.41) is 0. The summed E-state index contributed by atoms with van der Waals surface area (Å²) in [6.07, 6.45) is 25.9. The zero-order chi connectivity index (χ0) is 22.7. The van der Waals surface area contributed by atoms with Crippen LogP contribution in [0.1, 0.15) is 116 Å². The molecule has 2 heterocycles. The third kappa shape index (κ3) is 10.8. The van der Waals surface area contributed by atoms with Crippen LogP contribution in [0, 0.1) is 0 Å². The number of likely N-dealkylation sites (tertiary alicyclic amines) is 1. The summed E-state index contributed by atoms with van der Waals surface area (Å²) < 4.78 is 8.06. The van der Waals surface area contributed by atoms with Crippen LogP contribution in [-0.4, -0.2) is 28.2 Å². The average Bonchev–Trinajstić information content (AvgIpc) is 3.12. The van der Waals surface area contributed by atoms with Crippen molar-refractivity contribution < 1.29 is 13.8 Å². The summed E-state index contributed by atoms with van der Waals surface area (Å²) in [6.45, 7) is 4.80. The molecule has 2 rings (SSSR count). The summed E-state index contributed by atoms with van der Waals surface area (Å²) in [6, 6.07) is 7.76. The van der Waals surface area contributed by atoms with Crippen LogP contribution in [-0.2, 0) is 11.5 Å². The van der Waals surface area contributed by atoms with E-state index in [1.807, 2.05) is 35.2 Å². The van der Waals surface area contributed by atoms with Crippen LogP contribution < -0.4 is 0 Å². The topological polar surface area (TPSA) is 35.1 Å². The van der Waals surface area contributed by atoms with Crippen molar-refractivity contribution in [2.24, 2.45) is 0 Å². The highest BCUT2D eigenvalue weighted by Crippen LogP contribution is 2.24. The van der Waals surface area contributed by atoms with E-state index < -0.39 is 0 Å². The molecule has 1 atom stereocenters. The molecule has 1 fully saturated rings. The minimum Gasteiger partial charge on any atom is -0.383 e. The summed E-state index contributed by atoms with van der Waals surface area (Å²) in [7, 11) is 0. The van der Waals surface area contributed by atoms with Crippen molar-refractivity contribution in [3.63, 3.8) is 0 Å². The molecule has 0 aromatic carbocycles. The van der Waals surface area contributed by atoms with Gasteiger partial charge in [-0.1, -0.05) is 103 Å². The molecule has 1 aromatic heterocycles. The van der Waals surface area contributed by atoms with Crippen LogP contribution in [0.2, 0.25) is 0 Å². The Morgan fingerprint density at radius 1 is 0.781 bits per heavy atom. The minimum atomic E-state index is 0.383. The van der Waals surface area contributed by atoms with E-state index >= 15 is 0 Å². The number of quaternary nitrogens is 1. The molecule has 1 aliphatic heterocycles. The second kappa shape index (κ2) is 17.0. The zero-order valence-electron chi connectivity index (χ0n) is 20.8. The maximum atomic E-state index is 12.7. The Labute approximate surface area is 197 Å². The highest BCUT2D eigenvalue weighted by molar-refractivity contribution is 5.70. The van der Waals surface area contributed by atoms with E-state index in [2.05, 4.69) is 6.92 Å². The van der Waals surface area contributed by atoms with Crippen LogP contribution >= 0.6 is 0 Å². The quantitative estimate of drug-likeness (QED) is 0.169. The van der Waals surface area contributed by atoms with E-state index in [1.165, 1.54) is 89.9 Å². The first-order valence-electron chi connectivity index (χ1n) is 13.6. The Morgan fingerprint density at radius 2 is 1.34 bits per heavy atom. The number of amides is 1. The van der Waals surface area contributed by atoms with Gasteiger partial charge in [-0.05, 0) is 25.0 Å². The summed E-state index contributed by atoms with van der Waals surface area (Å²) in [5.41, 5.74) is 0. The molecule has 0 saturated carbocycles. The maximum Gasteiger partial charge on any atom is 0.315 e. The van der Waals surface area contributed by atoms with Crippen molar-refractivity contribution in [3.05, 3.63) is 36.7 Å². The highest BCUT2D eigenvalue weighted by atomic mass is 16.5. The van der Waals surface area contributed by atoms with Gasteiger partial charge in [-0.3, -0.25) is 0 Å². The molecule has 0 aliphatic carbocycles. The second-order valence-corrected chi connectivity index (χ2v) is 9.76. The van der Waals surface area contributed by atoms with Crippen molar-refractivity contribution in [3.8, 4) is 0 Å². The van der Waals surface area contributed by atoms with Gasteiger partial charge in [0.15, 0.2) is 6.67 Å². The molecule has 32 heavy (non-hydrogen) atoms. The van der Waals surface area contributed by atoms with Crippen LogP contribution in [0.15, 0.2) is 41.2 Å². The Bertz CT molecular complexity index is 630. The van der Waals surface area contributed by atoms with Gasteiger partial charge < -0.3 is 4.52 Å². The van der Waals surface area contributed by atoms with Crippen LogP contribution in [0.3, 0.4) is 0 Å². The Hall–Kier alpha value is -1.55. The molecule has 4 heteroatoms. The lowest BCUT2D eigenvalue weighted by Gasteiger charge is -2.31. The predicted octanol–water partition coefficient (Wildman–Crippen LogP) is 8.17. The first-order valence-corrected chi connectivity index (χ1v) is 13.6. The standard InChI is InChI=1S/C28H49N2O2/c1-2-3-4-5-6-7-8-9-10-11-12-13-14-16-19-24-30(25-21-22-28(30)31)27-29-23-18-15-17-20-26-32-29/h15,17-18,20,23,26H,2-14,16,19,21-22,24-25,27H2,1H3/q+1. The molecular formula is C28H49N2O2+. The zero-order valence-corrected chi connectivity index (χ0v) is 20.8. The summed E-state index contributed by atoms with van der Waals surface area (Å²) in [4.78, 5) is 12.7. The van der Waals surface area contributed by atoms with E-state index in [-0.39, 0.29) is 0 Å². The van der Waals surface area contributed by atoms with E-state index in [9.17, 15) is 4.79 Å². The van der Waals surface area contributed by atoms with E-state index in [0.717, 1.165) is 25.9 Å². The minimum absolute atomic E-state index is 0.383. The third-order valence-electron chi connectivity index (χ3n) is 6.97. The Kier molecular flexibility index (Phi) is 14.2. The molecule has 1 aromatic rings. The number of carbonyl (C=O) groups is 1. The van der Waals surface area contributed by atoms with Gasteiger partial charge in [0, 0.05) is 12.6 Å². The molecule has 4 nitrogen and oxygen atoms in total. The number of hydrogen-bond acceptors (Lipinski definition) is 2. The molecule has 1 saturated heterocycles. The van der Waals surface area contributed by atoms with E-state index in [1.54, 1.807) is 6.26 Å². The second-order valence-electron chi connectivity index (χ2n) is 9.76. The average molecular weight is 446 g/mol. The number of hydrogen-bond donors (Lipinski definition) is 0. The molecule has 0 spiro atoms. The Balaban J connectivity index is 1.54. The molecule has 1 unspecified atom stereocenters. The number of rotatable bonds is 18. The van der Waals surface area contributed by atoms with Crippen molar-refractivity contribution in [2.75, 3.05) is 13.1 Å². The SMILES string of the molecule is CCCCCCCCCCCCCCCCC[N+]1(Cn2cccccco2)CCCC1=O. The van der Waals surface area contributed by atoms with Crippen LogP contribution in [0.25, 0.3) is 0 Å². The smallest absolute Gasteiger partial charge is 0.315 e. The van der Waals surface area contributed by atoms with Crippen molar-refractivity contribution in [1.82, 2.24) is 4.74 Å². The predicted molar refractivity (Wildman–Crippen MR) is 133 cm³/mol. The first-order chi connectivity index (χ1) is 15.8. The molecule has 0 bridgehead atoms. The third-order valence-corrected chi connectivity index (χ3v) is 6.97. The maximum absolute atomic E-state index is 12.7. The van der Waals surface area contributed by atoms with Crippen molar-refractivity contribution >= 4 is 5.91 Å². The fourth-order valence-corrected chi connectivity index (χ4v) is 4.95. The van der Waals surface area contributed by atoms with E-state index in [0.29, 0.717) is 23.5 Å².